The van der Waals surface area contributed by atoms with Crippen LogP contribution in [0.2, 0.25) is 0 Å². The van der Waals surface area contributed by atoms with Crippen molar-refractivity contribution in [2.45, 2.75) is 32.7 Å². The summed E-state index contributed by atoms with van der Waals surface area (Å²) in [6.45, 7) is 5.04. The van der Waals surface area contributed by atoms with Crippen LogP contribution in [0.4, 0.5) is 10.1 Å². The molecule has 2 rings (SSSR count). The van der Waals surface area contributed by atoms with Gasteiger partial charge in [0.05, 0.1) is 5.69 Å². The molecule has 1 atom stereocenters. The van der Waals surface area contributed by atoms with E-state index >= 15 is 0 Å². The van der Waals surface area contributed by atoms with E-state index in [2.05, 4.69) is 5.32 Å². The third-order valence-electron chi connectivity index (χ3n) is 3.88. The van der Waals surface area contributed by atoms with E-state index in [9.17, 15) is 14.0 Å². The lowest BCUT2D eigenvalue weighted by molar-refractivity contribution is -0.140. The molecule has 1 aliphatic heterocycles. The van der Waals surface area contributed by atoms with Crippen LogP contribution in [0.5, 0.6) is 0 Å². The molecule has 0 radical (unpaired) electrons. The molecule has 0 bridgehead atoms. The summed E-state index contributed by atoms with van der Waals surface area (Å²) in [5.74, 6) is -2.38. The number of amides is 1. The fraction of sp³-hybridized carbons (Fsp3) is 0.500. The third-order valence-corrected chi connectivity index (χ3v) is 3.88. The highest BCUT2D eigenvalue weighted by molar-refractivity contribution is 5.97. The number of aliphatic carboxylic acids is 1. The summed E-state index contributed by atoms with van der Waals surface area (Å²) in [6, 6.07) is 3.29. The Morgan fingerprint density at radius 1 is 1.27 bits per heavy atom. The van der Waals surface area contributed by atoms with Crippen LogP contribution in [0.1, 0.15) is 37.0 Å². The summed E-state index contributed by atoms with van der Waals surface area (Å²) < 4.78 is 14.2. The Bertz CT molecular complexity index is 569. The Kier molecular flexibility index (Phi) is 5.00. The molecule has 1 aromatic rings. The topological polar surface area (TPSA) is 69.6 Å². The summed E-state index contributed by atoms with van der Waals surface area (Å²) in [7, 11) is 0. The van der Waals surface area contributed by atoms with Gasteiger partial charge in [0, 0.05) is 18.7 Å². The van der Waals surface area contributed by atoms with Crippen LogP contribution in [0.3, 0.4) is 0 Å². The molecule has 1 heterocycles. The first-order valence-electron chi connectivity index (χ1n) is 7.48. The lowest BCUT2D eigenvalue weighted by Crippen LogP contribution is -2.44. The van der Waals surface area contributed by atoms with Crippen molar-refractivity contribution in [2.75, 3.05) is 18.0 Å². The van der Waals surface area contributed by atoms with Crippen molar-refractivity contribution in [3.63, 3.8) is 0 Å². The molecule has 0 aromatic heterocycles. The molecule has 0 saturated carbocycles. The molecule has 1 saturated heterocycles. The molecular weight excluding hydrogens is 287 g/mol. The minimum Gasteiger partial charge on any atom is -0.480 e. The van der Waals surface area contributed by atoms with Crippen LogP contribution in [0, 0.1) is 11.7 Å². The van der Waals surface area contributed by atoms with Crippen molar-refractivity contribution in [1.29, 1.82) is 0 Å². The molecule has 1 amide bonds. The van der Waals surface area contributed by atoms with E-state index in [1.165, 1.54) is 12.1 Å². The van der Waals surface area contributed by atoms with Gasteiger partial charge in [-0.05, 0) is 37.0 Å². The molecule has 120 valence electrons. The lowest BCUT2D eigenvalue weighted by Gasteiger charge is -2.20. The van der Waals surface area contributed by atoms with Gasteiger partial charge in [-0.3, -0.25) is 4.79 Å². The van der Waals surface area contributed by atoms with Gasteiger partial charge in [-0.15, -0.1) is 0 Å². The number of rotatable bonds is 5. The quantitative estimate of drug-likeness (QED) is 0.875. The number of anilines is 1. The number of nitrogens with one attached hydrogen (secondary N) is 1. The fourth-order valence-corrected chi connectivity index (χ4v) is 2.60. The maximum absolute atomic E-state index is 14.2. The molecule has 0 aliphatic carbocycles. The van der Waals surface area contributed by atoms with Crippen LogP contribution < -0.4 is 10.2 Å². The van der Waals surface area contributed by atoms with Crippen LogP contribution in [-0.4, -0.2) is 36.1 Å². The average Bonchev–Trinajstić information content (AvgIpc) is 2.97. The van der Waals surface area contributed by atoms with Crippen molar-refractivity contribution < 1.29 is 19.1 Å². The molecule has 2 N–H and O–H groups in total. The molecular formula is C16H21FN2O3. The van der Waals surface area contributed by atoms with Gasteiger partial charge in [0.1, 0.15) is 11.9 Å². The Hall–Kier alpha value is -2.11. The van der Waals surface area contributed by atoms with Crippen LogP contribution >= 0.6 is 0 Å². The number of hydrogen-bond donors (Lipinski definition) is 2. The summed E-state index contributed by atoms with van der Waals surface area (Å²) >= 11 is 0. The Morgan fingerprint density at radius 3 is 2.41 bits per heavy atom. The predicted molar refractivity (Wildman–Crippen MR) is 81.6 cm³/mol. The van der Waals surface area contributed by atoms with E-state index in [-0.39, 0.29) is 11.5 Å². The maximum atomic E-state index is 14.2. The molecule has 0 unspecified atom stereocenters. The molecule has 0 spiro atoms. The van der Waals surface area contributed by atoms with Gasteiger partial charge in [0.15, 0.2) is 0 Å². The second kappa shape index (κ2) is 6.77. The van der Waals surface area contributed by atoms with Gasteiger partial charge < -0.3 is 15.3 Å². The Labute approximate surface area is 129 Å². The van der Waals surface area contributed by atoms with Crippen LogP contribution in [-0.2, 0) is 4.79 Å². The van der Waals surface area contributed by atoms with Crippen LogP contribution in [0.15, 0.2) is 18.2 Å². The van der Waals surface area contributed by atoms with E-state index in [0.29, 0.717) is 5.69 Å². The van der Waals surface area contributed by atoms with E-state index < -0.39 is 23.7 Å². The van der Waals surface area contributed by atoms with Gasteiger partial charge in [0.25, 0.3) is 5.91 Å². The van der Waals surface area contributed by atoms with Gasteiger partial charge in [-0.2, -0.15) is 0 Å². The zero-order valence-electron chi connectivity index (χ0n) is 12.8. The second-order valence-corrected chi connectivity index (χ2v) is 5.89. The molecule has 6 heteroatoms. The van der Waals surface area contributed by atoms with Crippen molar-refractivity contribution in [2.24, 2.45) is 5.92 Å². The van der Waals surface area contributed by atoms with E-state index in [1.54, 1.807) is 19.9 Å². The van der Waals surface area contributed by atoms with Crippen molar-refractivity contribution in [3.8, 4) is 0 Å². The van der Waals surface area contributed by atoms with E-state index in [1.807, 2.05) is 4.90 Å². The molecule has 22 heavy (non-hydrogen) atoms. The number of hydrogen-bond acceptors (Lipinski definition) is 3. The molecule has 5 nitrogen and oxygen atoms in total. The molecule has 1 aliphatic rings. The fourth-order valence-electron chi connectivity index (χ4n) is 2.60. The highest BCUT2D eigenvalue weighted by atomic mass is 19.1. The normalized spacial score (nSPS) is 15.9. The van der Waals surface area contributed by atoms with E-state index in [0.717, 1.165) is 25.9 Å². The van der Waals surface area contributed by atoms with E-state index in [4.69, 9.17) is 5.11 Å². The van der Waals surface area contributed by atoms with Gasteiger partial charge in [-0.1, -0.05) is 13.8 Å². The number of nitrogens with zero attached hydrogens (tertiary/aromatic N) is 1. The summed E-state index contributed by atoms with van der Waals surface area (Å²) in [5.41, 5.74) is 0.625. The highest BCUT2D eigenvalue weighted by Crippen LogP contribution is 2.24. The summed E-state index contributed by atoms with van der Waals surface area (Å²) in [5, 5.41) is 11.5. The first-order chi connectivity index (χ1) is 10.4. The second-order valence-electron chi connectivity index (χ2n) is 5.89. The minimum atomic E-state index is -1.10. The number of halogens is 1. The van der Waals surface area contributed by atoms with Gasteiger partial charge >= 0.3 is 5.97 Å². The predicted octanol–water partition coefficient (Wildman–Crippen LogP) is 2.26. The zero-order valence-corrected chi connectivity index (χ0v) is 12.8. The molecule has 1 aromatic carbocycles. The number of benzene rings is 1. The van der Waals surface area contributed by atoms with Crippen LogP contribution in [0.25, 0.3) is 0 Å². The maximum Gasteiger partial charge on any atom is 0.326 e. The standard InChI is InChI=1S/C16H21FN2O3/c1-10(2)14(16(21)22)18-15(20)11-5-6-13(12(17)9-11)19-7-3-4-8-19/h5-6,9-10,14H,3-4,7-8H2,1-2H3,(H,18,20)(H,21,22)/t14-/m0/s1. The van der Waals surface area contributed by atoms with Crippen molar-refractivity contribution in [1.82, 2.24) is 5.32 Å². The minimum absolute atomic E-state index is 0.132. The highest BCUT2D eigenvalue weighted by Gasteiger charge is 2.24. The number of carboxylic acid groups (broad SMARTS) is 1. The SMILES string of the molecule is CC(C)[C@H](NC(=O)c1ccc(N2CCCC2)c(F)c1)C(=O)O. The van der Waals surface area contributed by atoms with Crippen molar-refractivity contribution >= 4 is 17.6 Å². The van der Waals surface area contributed by atoms with Crippen molar-refractivity contribution in [3.05, 3.63) is 29.6 Å². The Balaban J connectivity index is 2.13. The zero-order chi connectivity index (χ0) is 16.3. The largest absolute Gasteiger partial charge is 0.480 e. The first-order valence-corrected chi connectivity index (χ1v) is 7.48. The van der Waals surface area contributed by atoms with Gasteiger partial charge in [-0.25, -0.2) is 9.18 Å². The summed E-state index contributed by atoms with van der Waals surface area (Å²) in [6.07, 6.45) is 2.08. The number of carbonyl (C=O) groups excluding carboxylic acids is 1. The molecule has 1 fully saturated rings. The third kappa shape index (κ3) is 3.55. The number of carbonyl (C=O) groups is 2. The average molecular weight is 308 g/mol. The number of carboxylic acids is 1. The van der Waals surface area contributed by atoms with Gasteiger partial charge in [0.2, 0.25) is 0 Å². The summed E-state index contributed by atoms with van der Waals surface area (Å²) in [4.78, 5) is 25.2. The first kappa shape index (κ1) is 16.3. The lowest BCUT2D eigenvalue weighted by atomic mass is 10.0. The monoisotopic (exact) mass is 308 g/mol. The Morgan fingerprint density at radius 2 is 1.91 bits per heavy atom. The smallest absolute Gasteiger partial charge is 0.326 e.